The molecule has 0 bridgehead atoms. The number of allylic oxidation sites excluding steroid dienone is 1. The van der Waals surface area contributed by atoms with E-state index >= 15 is 0 Å². The molecule has 1 aromatic heterocycles. The summed E-state index contributed by atoms with van der Waals surface area (Å²) < 4.78 is 19.8. The van der Waals surface area contributed by atoms with Crippen LogP contribution in [0, 0.1) is 5.82 Å². The molecular weight excluding hydrogens is 437 g/mol. The predicted octanol–water partition coefficient (Wildman–Crippen LogP) is 7.07. The summed E-state index contributed by atoms with van der Waals surface area (Å²) in [6, 6.07) is 17.0. The third-order valence-electron chi connectivity index (χ3n) is 6.55. The zero-order chi connectivity index (χ0) is 24.5. The summed E-state index contributed by atoms with van der Waals surface area (Å²) in [5.41, 5.74) is 3.85. The summed E-state index contributed by atoms with van der Waals surface area (Å²) in [5.74, 6) is 1.31. The number of oxazole rings is 1. The van der Waals surface area contributed by atoms with E-state index in [0.29, 0.717) is 5.89 Å². The Balaban J connectivity index is 1.50. The Kier molecular flexibility index (Phi) is 9.02. The number of halogens is 1. The van der Waals surface area contributed by atoms with Gasteiger partial charge in [-0.3, -0.25) is 4.99 Å². The number of benzene rings is 2. The number of hydrogen-bond donors (Lipinski definition) is 0. The summed E-state index contributed by atoms with van der Waals surface area (Å²) in [5, 5.41) is 0. The monoisotopic (exact) mass is 473 g/mol. The third kappa shape index (κ3) is 6.98. The molecule has 4 rings (SSSR count). The second-order valence-corrected chi connectivity index (χ2v) is 9.32. The molecule has 1 atom stereocenters. The van der Waals surface area contributed by atoms with Gasteiger partial charge in [-0.15, -0.1) is 0 Å². The minimum absolute atomic E-state index is 0.186. The average Bonchev–Trinajstić information content (AvgIpc) is 3.35. The molecule has 3 aromatic rings. The van der Waals surface area contributed by atoms with Crippen molar-refractivity contribution in [3.8, 4) is 11.5 Å². The Morgan fingerprint density at radius 1 is 1.03 bits per heavy atom. The molecule has 184 valence electrons. The van der Waals surface area contributed by atoms with Gasteiger partial charge in [-0.2, -0.15) is 0 Å². The quantitative estimate of drug-likeness (QED) is 0.282. The minimum atomic E-state index is -0.267. The van der Waals surface area contributed by atoms with Crippen LogP contribution in [0.3, 0.4) is 0 Å². The van der Waals surface area contributed by atoms with Crippen molar-refractivity contribution < 1.29 is 8.81 Å². The maximum atomic E-state index is 13.5. The number of rotatable bonds is 12. The van der Waals surface area contributed by atoms with E-state index < -0.39 is 0 Å². The van der Waals surface area contributed by atoms with Gasteiger partial charge in [-0.1, -0.05) is 56.7 Å². The Labute approximate surface area is 208 Å². The van der Waals surface area contributed by atoms with Crippen molar-refractivity contribution in [1.29, 1.82) is 0 Å². The molecule has 0 aliphatic carbocycles. The van der Waals surface area contributed by atoms with Gasteiger partial charge < -0.3 is 9.32 Å². The molecule has 1 aliphatic heterocycles. The smallest absolute Gasteiger partial charge is 0.226 e. The molecule has 0 amide bonds. The number of hydrogen-bond acceptors (Lipinski definition) is 4. The van der Waals surface area contributed by atoms with E-state index in [-0.39, 0.29) is 11.7 Å². The second kappa shape index (κ2) is 12.6. The number of dihydropyridines is 1. The Morgan fingerprint density at radius 2 is 1.83 bits per heavy atom. The highest BCUT2D eigenvalue weighted by atomic mass is 19.1. The number of unbranched alkanes of at least 4 members (excludes halogenated alkanes) is 1. The minimum Gasteiger partial charge on any atom is -0.440 e. The summed E-state index contributed by atoms with van der Waals surface area (Å²) in [7, 11) is 0. The molecule has 0 spiro atoms. The van der Waals surface area contributed by atoms with Crippen LogP contribution in [0.5, 0.6) is 0 Å². The van der Waals surface area contributed by atoms with Gasteiger partial charge >= 0.3 is 0 Å². The first kappa shape index (κ1) is 25.1. The van der Waals surface area contributed by atoms with Gasteiger partial charge in [0.25, 0.3) is 0 Å². The van der Waals surface area contributed by atoms with Crippen LogP contribution < -0.4 is 0 Å². The fourth-order valence-electron chi connectivity index (χ4n) is 4.38. The Bertz CT molecular complexity index is 1120. The highest BCUT2D eigenvalue weighted by molar-refractivity contribution is 6.08. The van der Waals surface area contributed by atoms with E-state index in [1.807, 2.05) is 6.08 Å². The lowest BCUT2D eigenvalue weighted by Gasteiger charge is -2.23. The Hall–Kier alpha value is -3.05. The topological polar surface area (TPSA) is 41.6 Å². The van der Waals surface area contributed by atoms with Crippen LogP contribution >= 0.6 is 0 Å². The molecule has 1 unspecified atom stereocenters. The predicted molar refractivity (Wildman–Crippen MR) is 142 cm³/mol. The van der Waals surface area contributed by atoms with Crippen molar-refractivity contribution in [1.82, 2.24) is 9.88 Å². The molecule has 0 saturated heterocycles. The van der Waals surface area contributed by atoms with Crippen molar-refractivity contribution in [3.05, 3.63) is 89.6 Å². The zero-order valence-electron chi connectivity index (χ0n) is 20.9. The Morgan fingerprint density at radius 3 is 2.54 bits per heavy atom. The van der Waals surface area contributed by atoms with E-state index in [9.17, 15) is 4.39 Å². The molecule has 35 heavy (non-hydrogen) atoms. The van der Waals surface area contributed by atoms with Gasteiger partial charge in [-0.25, -0.2) is 9.37 Å². The number of nitrogens with zero attached hydrogens (tertiary/aromatic N) is 3. The number of aromatic nitrogens is 1. The first-order valence-electron chi connectivity index (χ1n) is 12.9. The normalized spacial score (nSPS) is 14.3. The fraction of sp³-hybridized carbons (Fsp3) is 0.400. The molecule has 0 saturated carbocycles. The van der Waals surface area contributed by atoms with Crippen LogP contribution in [0.15, 0.2) is 76.2 Å². The molecule has 5 heteroatoms. The molecule has 1 aliphatic rings. The summed E-state index contributed by atoms with van der Waals surface area (Å²) in [6.45, 7) is 8.38. The van der Waals surface area contributed by atoms with Gasteiger partial charge in [-0.05, 0) is 74.7 Å². The highest BCUT2D eigenvalue weighted by Gasteiger charge is 2.24. The molecule has 2 heterocycles. The fourth-order valence-corrected chi connectivity index (χ4v) is 4.38. The highest BCUT2D eigenvalue weighted by Crippen LogP contribution is 2.30. The van der Waals surface area contributed by atoms with E-state index in [1.54, 1.807) is 12.1 Å². The first-order chi connectivity index (χ1) is 17.1. The maximum Gasteiger partial charge on any atom is 0.226 e. The van der Waals surface area contributed by atoms with Crippen LogP contribution in [0.2, 0.25) is 0 Å². The molecule has 0 fully saturated rings. The zero-order valence-corrected chi connectivity index (χ0v) is 20.9. The first-order valence-corrected chi connectivity index (χ1v) is 12.9. The van der Waals surface area contributed by atoms with Crippen LogP contribution in [-0.4, -0.2) is 41.8 Å². The van der Waals surface area contributed by atoms with Crippen LogP contribution in [0.4, 0.5) is 4.39 Å². The van der Waals surface area contributed by atoms with Gasteiger partial charge in [0.15, 0.2) is 0 Å². The van der Waals surface area contributed by atoms with Crippen molar-refractivity contribution in [2.75, 3.05) is 26.2 Å². The summed E-state index contributed by atoms with van der Waals surface area (Å²) in [6.07, 6.45) is 9.55. The second-order valence-electron chi connectivity index (χ2n) is 9.32. The summed E-state index contributed by atoms with van der Waals surface area (Å²) in [4.78, 5) is 12.1. The standard InChI is InChI=1S/C30H36FN3O/c1-3-4-20-34(22-18-24-10-6-5-7-11-24)21-17-23(2)29-28(27-12-8-9-19-32-27)33-30(35-29)25-13-15-26(31)16-14-25/h5-8,10-16,23H,3-4,9,17-22H2,1-2H3. The van der Waals surface area contributed by atoms with Crippen LogP contribution in [0.1, 0.15) is 62.5 Å². The van der Waals surface area contributed by atoms with Crippen LogP contribution in [0.25, 0.3) is 11.5 Å². The van der Waals surface area contributed by atoms with Crippen molar-refractivity contribution in [2.24, 2.45) is 4.99 Å². The van der Waals surface area contributed by atoms with Crippen molar-refractivity contribution >= 4 is 5.71 Å². The number of aliphatic imine (C=N–C) groups is 1. The molecule has 4 nitrogen and oxygen atoms in total. The lowest BCUT2D eigenvalue weighted by atomic mass is 10.00. The lowest BCUT2D eigenvalue weighted by Crippen LogP contribution is -2.29. The van der Waals surface area contributed by atoms with Crippen molar-refractivity contribution in [2.45, 2.75) is 51.9 Å². The largest absolute Gasteiger partial charge is 0.440 e. The van der Waals surface area contributed by atoms with E-state index in [1.165, 1.54) is 30.5 Å². The van der Waals surface area contributed by atoms with E-state index in [2.05, 4.69) is 55.2 Å². The van der Waals surface area contributed by atoms with Gasteiger partial charge in [0.2, 0.25) is 5.89 Å². The molecule has 2 aromatic carbocycles. The molecule has 0 radical (unpaired) electrons. The lowest BCUT2D eigenvalue weighted by molar-refractivity contribution is 0.259. The third-order valence-corrected chi connectivity index (χ3v) is 6.55. The van der Waals surface area contributed by atoms with E-state index in [0.717, 1.165) is 68.2 Å². The molecular formula is C30H36FN3O. The van der Waals surface area contributed by atoms with Gasteiger partial charge in [0.05, 0.1) is 5.71 Å². The summed E-state index contributed by atoms with van der Waals surface area (Å²) >= 11 is 0. The van der Waals surface area contributed by atoms with Gasteiger partial charge in [0.1, 0.15) is 17.3 Å². The van der Waals surface area contributed by atoms with Gasteiger partial charge in [0, 0.05) is 24.6 Å². The molecule has 0 N–H and O–H groups in total. The van der Waals surface area contributed by atoms with E-state index in [4.69, 9.17) is 14.4 Å². The average molecular weight is 474 g/mol. The maximum absolute atomic E-state index is 13.5. The van der Waals surface area contributed by atoms with Crippen LogP contribution in [-0.2, 0) is 6.42 Å². The SMILES string of the molecule is CCCCN(CCc1ccccc1)CCC(C)c1oc(-c2ccc(F)cc2)nc1C1=NCCC=C1. The van der Waals surface area contributed by atoms with Crippen molar-refractivity contribution in [3.63, 3.8) is 0 Å².